The summed E-state index contributed by atoms with van der Waals surface area (Å²) in [6, 6.07) is -0.186. The van der Waals surface area contributed by atoms with Gasteiger partial charge in [0.15, 0.2) is 0 Å². The lowest BCUT2D eigenvalue weighted by molar-refractivity contribution is -0.107. The molecule has 2 unspecified atom stereocenters. The van der Waals surface area contributed by atoms with Crippen LogP contribution in [0.25, 0.3) is 0 Å². The zero-order chi connectivity index (χ0) is 9.47. The van der Waals surface area contributed by atoms with E-state index in [9.17, 15) is 0 Å². The van der Waals surface area contributed by atoms with Gasteiger partial charge in [-0.1, -0.05) is 0 Å². The first kappa shape index (κ1) is 9.46. The van der Waals surface area contributed by atoms with Gasteiger partial charge in [0.05, 0.1) is 12.6 Å². The number of ether oxygens (including phenoxy) is 3. The summed E-state index contributed by atoms with van der Waals surface area (Å²) >= 11 is 0. The monoisotopic (exact) mass is 183 g/mol. The van der Waals surface area contributed by atoms with E-state index in [1.807, 2.05) is 0 Å². The molecule has 2 bridgehead atoms. The second kappa shape index (κ2) is 3.24. The Bertz CT molecular complexity index is 204. The molecule has 2 fully saturated rings. The van der Waals surface area contributed by atoms with Crippen molar-refractivity contribution in [3.8, 4) is 0 Å². The molecule has 2 radical (unpaired) electrons. The fourth-order valence-corrected chi connectivity index (χ4v) is 2.34. The molecule has 72 valence electrons. The molecular weight excluding hydrogens is 169 g/mol. The van der Waals surface area contributed by atoms with Gasteiger partial charge >= 0.3 is 0 Å². The lowest BCUT2D eigenvalue weighted by Crippen LogP contribution is -2.48. The number of hydrogen-bond acceptors (Lipinski definition) is 4. The van der Waals surface area contributed by atoms with Crippen molar-refractivity contribution in [2.45, 2.75) is 23.8 Å². The zero-order valence-corrected chi connectivity index (χ0v) is 7.95. The number of fused-ring (bicyclic) bond motifs is 2. The largest absolute Gasteiger partial charge is 0.382 e. The highest BCUT2D eigenvalue weighted by Gasteiger charge is 2.58. The van der Waals surface area contributed by atoms with Crippen molar-refractivity contribution in [1.82, 2.24) is 5.32 Å². The van der Waals surface area contributed by atoms with Crippen LogP contribution >= 0.6 is 0 Å². The molecule has 1 N–H and O–H groups in total. The van der Waals surface area contributed by atoms with Crippen molar-refractivity contribution in [3.63, 3.8) is 0 Å². The fraction of sp³-hybridized carbons (Fsp3) is 1.00. The predicted molar refractivity (Wildman–Crippen MR) is 47.8 cm³/mol. The molecule has 4 atom stereocenters. The summed E-state index contributed by atoms with van der Waals surface area (Å²) in [7, 11) is 9.11. The highest BCUT2D eigenvalue weighted by molar-refractivity contribution is 6.12. The Labute approximate surface area is 79.3 Å². The van der Waals surface area contributed by atoms with Crippen LogP contribution in [0.1, 0.15) is 0 Å². The molecule has 2 heterocycles. The molecule has 0 aromatic carbocycles. The maximum Gasteiger partial charge on any atom is 0.131 e. The molecule has 5 heteroatoms. The molecule has 0 aromatic heterocycles. The molecule has 4 nitrogen and oxygen atoms in total. The van der Waals surface area contributed by atoms with Crippen LogP contribution < -0.4 is 5.32 Å². The summed E-state index contributed by atoms with van der Waals surface area (Å²) in [5, 5.41) is 3.28. The van der Waals surface area contributed by atoms with Gasteiger partial charge in [-0.25, -0.2) is 0 Å². The van der Waals surface area contributed by atoms with Crippen LogP contribution in [0.3, 0.4) is 0 Å². The van der Waals surface area contributed by atoms with Crippen LogP contribution in [0.15, 0.2) is 0 Å². The van der Waals surface area contributed by atoms with Crippen molar-refractivity contribution in [1.29, 1.82) is 0 Å². The lowest BCUT2D eigenvalue weighted by atomic mass is 9.91. The molecule has 0 spiro atoms. The number of methoxy groups -OCH3 is 2. The van der Waals surface area contributed by atoms with E-state index in [1.165, 1.54) is 0 Å². The van der Waals surface area contributed by atoms with Gasteiger partial charge in [0.2, 0.25) is 0 Å². The van der Waals surface area contributed by atoms with Gasteiger partial charge < -0.3 is 19.5 Å². The molecular formula is C8H14BNO3. The van der Waals surface area contributed by atoms with Crippen LogP contribution in [-0.4, -0.2) is 59.0 Å². The van der Waals surface area contributed by atoms with Gasteiger partial charge in [-0.2, -0.15) is 0 Å². The molecule has 13 heavy (non-hydrogen) atoms. The van der Waals surface area contributed by atoms with Gasteiger partial charge in [-0.15, -0.1) is 0 Å². The first-order valence-corrected chi connectivity index (χ1v) is 4.42. The third-order valence-electron chi connectivity index (χ3n) is 2.85. The minimum absolute atomic E-state index is 0.00227. The zero-order valence-electron chi connectivity index (χ0n) is 7.95. The Morgan fingerprint density at radius 1 is 1.62 bits per heavy atom. The van der Waals surface area contributed by atoms with Crippen molar-refractivity contribution in [3.05, 3.63) is 0 Å². The van der Waals surface area contributed by atoms with Gasteiger partial charge in [-0.3, -0.25) is 0 Å². The Hall–Kier alpha value is -0.0951. The standard InChI is InChI=1S/C8H14BNO3/c1-11-4-8-3-10-5(6(8)12-2)7(9)13-8/h5-7,10H,3-4H2,1-2H3/t5?,6?,7-,8-/m1/s1. The average molecular weight is 183 g/mol. The Balaban J connectivity index is 2.17. The number of morpholine rings is 1. The number of hydrogen-bond donors (Lipinski definition) is 1. The van der Waals surface area contributed by atoms with Crippen LogP contribution in [0.5, 0.6) is 0 Å². The van der Waals surface area contributed by atoms with E-state index in [0.29, 0.717) is 6.61 Å². The molecule has 0 saturated carbocycles. The summed E-state index contributed by atoms with van der Waals surface area (Å²) < 4.78 is 16.2. The number of rotatable bonds is 3. The summed E-state index contributed by atoms with van der Waals surface area (Å²) in [6.07, 6.45) is 0.00227. The maximum atomic E-state index is 5.78. The van der Waals surface area contributed by atoms with Gasteiger partial charge in [-0.05, 0) is 0 Å². The quantitative estimate of drug-likeness (QED) is 0.563. The molecule has 0 aromatic rings. The maximum absolute atomic E-state index is 5.78. The third kappa shape index (κ3) is 1.22. The van der Waals surface area contributed by atoms with Crippen molar-refractivity contribution in [2.75, 3.05) is 27.4 Å². The van der Waals surface area contributed by atoms with E-state index in [-0.39, 0.29) is 23.8 Å². The van der Waals surface area contributed by atoms with E-state index < -0.39 is 0 Å². The van der Waals surface area contributed by atoms with Crippen molar-refractivity contribution in [2.24, 2.45) is 0 Å². The Kier molecular flexibility index (Phi) is 2.36. The number of nitrogens with one attached hydrogen (secondary N) is 1. The Morgan fingerprint density at radius 2 is 2.38 bits per heavy atom. The van der Waals surface area contributed by atoms with E-state index in [1.54, 1.807) is 14.2 Å². The van der Waals surface area contributed by atoms with Crippen LogP contribution in [-0.2, 0) is 14.2 Å². The van der Waals surface area contributed by atoms with E-state index in [0.717, 1.165) is 6.54 Å². The van der Waals surface area contributed by atoms with Crippen LogP contribution in [0, 0.1) is 0 Å². The first-order valence-electron chi connectivity index (χ1n) is 4.42. The van der Waals surface area contributed by atoms with Crippen molar-refractivity contribution < 1.29 is 14.2 Å². The fourth-order valence-electron chi connectivity index (χ4n) is 2.34. The molecule has 2 saturated heterocycles. The predicted octanol–water partition coefficient (Wildman–Crippen LogP) is -1.12. The summed E-state index contributed by atoms with van der Waals surface area (Å²) in [5.74, 6) is 0. The minimum atomic E-state index is -0.381. The summed E-state index contributed by atoms with van der Waals surface area (Å²) in [5.41, 5.74) is -0.381. The van der Waals surface area contributed by atoms with Crippen molar-refractivity contribution >= 4 is 7.85 Å². The first-order chi connectivity index (χ1) is 6.23. The molecule has 0 aliphatic carbocycles. The van der Waals surface area contributed by atoms with Gasteiger partial charge in [0.1, 0.15) is 19.6 Å². The van der Waals surface area contributed by atoms with E-state index >= 15 is 0 Å². The second-order valence-electron chi connectivity index (χ2n) is 3.64. The van der Waals surface area contributed by atoms with Crippen LogP contribution in [0.2, 0.25) is 0 Å². The summed E-state index contributed by atoms with van der Waals surface area (Å²) in [4.78, 5) is 0. The van der Waals surface area contributed by atoms with E-state index in [4.69, 9.17) is 22.1 Å². The minimum Gasteiger partial charge on any atom is -0.382 e. The second-order valence-corrected chi connectivity index (χ2v) is 3.64. The lowest BCUT2D eigenvalue weighted by Gasteiger charge is -2.30. The molecule has 0 amide bonds. The van der Waals surface area contributed by atoms with Gasteiger partial charge in [0, 0.05) is 26.8 Å². The third-order valence-corrected chi connectivity index (χ3v) is 2.85. The molecule has 2 rings (SSSR count). The molecule has 2 aliphatic rings. The molecule has 2 aliphatic heterocycles. The van der Waals surface area contributed by atoms with Crippen LogP contribution in [0.4, 0.5) is 0 Å². The SMILES string of the molecule is [B][C@@H]1O[C@@]2(COC)CNC1C2OC. The summed E-state index contributed by atoms with van der Waals surface area (Å²) in [6.45, 7) is 1.26. The topological polar surface area (TPSA) is 39.7 Å². The smallest absolute Gasteiger partial charge is 0.131 e. The Morgan fingerprint density at radius 3 is 2.92 bits per heavy atom. The highest BCUT2D eigenvalue weighted by atomic mass is 16.6. The van der Waals surface area contributed by atoms with E-state index in [2.05, 4.69) is 5.32 Å². The van der Waals surface area contributed by atoms with Gasteiger partial charge in [0.25, 0.3) is 0 Å². The normalized spacial score (nSPS) is 48.6. The average Bonchev–Trinajstić information content (AvgIpc) is 2.55. The highest BCUT2D eigenvalue weighted by Crippen LogP contribution is 2.36.